The second-order valence-electron chi connectivity index (χ2n) is 3.71. The van der Waals surface area contributed by atoms with E-state index in [-0.39, 0.29) is 16.5 Å². The molecule has 1 aliphatic heterocycles. The van der Waals surface area contributed by atoms with Crippen LogP contribution in [0.2, 0.25) is 0 Å². The van der Waals surface area contributed by atoms with E-state index in [4.69, 9.17) is 4.74 Å². The maximum Gasteiger partial charge on any atom is 0.269 e. The van der Waals surface area contributed by atoms with Gasteiger partial charge in [0.05, 0.1) is 6.61 Å². The quantitative estimate of drug-likeness (QED) is 0.774. The second kappa shape index (κ2) is 4.52. The number of rotatable bonds is 1. The highest BCUT2D eigenvalue weighted by Gasteiger charge is 2.23. The van der Waals surface area contributed by atoms with Gasteiger partial charge < -0.3 is 19.7 Å². The standard InChI is InChI=1S/C9H12BrN3O3/c1-13-2-3-16-5(4-13)7-11-8(14)6(10)9(15)12-7/h5H,2-4H2,1H3,(H2,11,12,14,15). The number of aromatic amines is 1. The first-order chi connectivity index (χ1) is 7.58. The van der Waals surface area contributed by atoms with Gasteiger partial charge in [-0.2, -0.15) is 4.98 Å². The Kier molecular flexibility index (Phi) is 3.27. The van der Waals surface area contributed by atoms with E-state index in [1.165, 1.54) is 0 Å². The molecule has 1 aliphatic rings. The van der Waals surface area contributed by atoms with Crippen molar-refractivity contribution < 1.29 is 9.84 Å². The fourth-order valence-corrected chi connectivity index (χ4v) is 1.75. The summed E-state index contributed by atoms with van der Waals surface area (Å²) >= 11 is 2.94. The molecule has 7 heteroatoms. The lowest BCUT2D eigenvalue weighted by molar-refractivity contribution is -0.0258. The van der Waals surface area contributed by atoms with Crippen molar-refractivity contribution in [1.82, 2.24) is 14.9 Å². The van der Waals surface area contributed by atoms with Crippen molar-refractivity contribution in [1.29, 1.82) is 0 Å². The number of ether oxygens (including phenoxy) is 1. The first-order valence-electron chi connectivity index (χ1n) is 4.86. The van der Waals surface area contributed by atoms with E-state index in [9.17, 15) is 9.90 Å². The molecule has 0 aliphatic carbocycles. The molecular weight excluding hydrogens is 278 g/mol. The Hall–Kier alpha value is -0.920. The van der Waals surface area contributed by atoms with Crippen LogP contribution in [0.5, 0.6) is 5.88 Å². The molecule has 16 heavy (non-hydrogen) atoms. The van der Waals surface area contributed by atoms with Crippen LogP contribution in [0.25, 0.3) is 0 Å². The van der Waals surface area contributed by atoms with Crippen LogP contribution in [-0.4, -0.2) is 46.7 Å². The van der Waals surface area contributed by atoms with E-state index in [1.807, 2.05) is 7.05 Å². The minimum atomic E-state index is -0.403. The van der Waals surface area contributed by atoms with E-state index in [2.05, 4.69) is 30.8 Å². The largest absolute Gasteiger partial charge is 0.492 e. The van der Waals surface area contributed by atoms with Crippen LogP contribution < -0.4 is 5.56 Å². The van der Waals surface area contributed by atoms with Crippen LogP contribution >= 0.6 is 15.9 Å². The van der Waals surface area contributed by atoms with Crippen LogP contribution in [0.1, 0.15) is 11.9 Å². The molecule has 1 unspecified atom stereocenters. The molecule has 1 atom stereocenters. The maximum absolute atomic E-state index is 11.4. The summed E-state index contributed by atoms with van der Waals surface area (Å²) < 4.78 is 5.53. The molecule has 1 aromatic rings. The number of halogens is 1. The van der Waals surface area contributed by atoms with Crippen molar-refractivity contribution in [3.05, 3.63) is 20.7 Å². The summed E-state index contributed by atoms with van der Waals surface area (Å²) in [5.74, 6) is 0.0489. The van der Waals surface area contributed by atoms with Gasteiger partial charge in [-0.3, -0.25) is 4.79 Å². The Balaban J connectivity index is 2.30. The fourth-order valence-electron chi connectivity index (χ4n) is 1.56. The van der Waals surface area contributed by atoms with E-state index in [0.29, 0.717) is 19.0 Å². The molecule has 0 saturated carbocycles. The highest BCUT2D eigenvalue weighted by molar-refractivity contribution is 9.10. The van der Waals surface area contributed by atoms with Crippen molar-refractivity contribution in [2.24, 2.45) is 0 Å². The van der Waals surface area contributed by atoms with Crippen LogP contribution in [0, 0.1) is 0 Å². The number of hydrogen-bond acceptors (Lipinski definition) is 5. The first kappa shape index (κ1) is 11.6. The van der Waals surface area contributed by atoms with E-state index in [1.54, 1.807) is 0 Å². The Labute approximate surface area is 100 Å². The van der Waals surface area contributed by atoms with E-state index < -0.39 is 5.56 Å². The van der Waals surface area contributed by atoms with Gasteiger partial charge in [0.25, 0.3) is 5.56 Å². The number of aromatic nitrogens is 2. The molecule has 0 bridgehead atoms. The predicted molar refractivity (Wildman–Crippen MR) is 60.4 cm³/mol. The molecule has 6 nitrogen and oxygen atoms in total. The molecule has 1 fully saturated rings. The summed E-state index contributed by atoms with van der Waals surface area (Å²) in [6, 6.07) is 0. The van der Waals surface area contributed by atoms with Crippen LogP contribution in [0.3, 0.4) is 0 Å². The SMILES string of the molecule is CN1CCOC(c2nc(O)c(Br)c(=O)[nH]2)C1. The number of nitrogens with one attached hydrogen (secondary N) is 1. The minimum Gasteiger partial charge on any atom is -0.492 e. The zero-order chi connectivity index (χ0) is 11.7. The highest BCUT2D eigenvalue weighted by atomic mass is 79.9. The van der Waals surface area contributed by atoms with Gasteiger partial charge in [-0.15, -0.1) is 0 Å². The van der Waals surface area contributed by atoms with Gasteiger partial charge in [0.1, 0.15) is 16.4 Å². The van der Waals surface area contributed by atoms with Crippen molar-refractivity contribution in [2.75, 3.05) is 26.7 Å². The van der Waals surface area contributed by atoms with Crippen LogP contribution in [0.4, 0.5) is 0 Å². The van der Waals surface area contributed by atoms with Gasteiger partial charge in [-0.1, -0.05) is 0 Å². The molecule has 0 radical (unpaired) electrons. The molecule has 1 aromatic heterocycles. The molecule has 2 heterocycles. The number of aromatic hydroxyl groups is 1. The van der Waals surface area contributed by atoms with Gasteiger partial charge in [-0.05, 0) is 23.0 Å². The van der Waals surface area contributed by atoms with Crippen molar-refractivity contribution in [3.63, 3.8) is 0 Å². The highest BCUT2D eigenvalue weighted by Crippen LogP contribution is 2.21. The Morgan fingerprint density at radius 3 is 3.06 bits per heavy atom. The molecule has 2 N–H and O–H groups in total. The number of morpholine rings is 1. The molecule has 0 aromatic carbocycles. The topological polar surface area (TPSA) is 78.5 Å². The molecular formula is C9H12BrN3O3. The van der Waals surface area contributed by atoms with Crippen LogP contribution in [0.15, 0.2) is 9.27 Å². The average molecular weight is 290 g/mol. The number of likely N-dealkylation sites (N-methyl/N-ethyl adjacent to an activating group) is 1. The average Bonchev–Trinajstić information content (AvgIpc) is 2.25. The van der Waals surface area contributed by atoms with Crippen molar-refractivity contribution >= 4 is 15.9 Å². The summed E-state index contributed by atoms with van der Waals surface area (Å²) in [5, 5.41) is 9.43. The van der Waals surface area contributed by atoms with Gasteiger partial charge in [0.15, 0.2) is 0 Å². The molecule has 0 amide bonds. The Morgan fingerprint density at radius 1 is 1.69 bits per heavy atom. The van der Waals surface area contributed by atoms with E-state index >= 15 is 0 Å². The predicted octanol–water partition coefficient (Wildman–Crippen LogP) is 0.241. The third-order valence-electron chi connectivity index (χ3n) is 2.44. The summed E-state index contributed by atoms with van der Waals surface area (Å²) in [6.45, 7) is 2.08. The summed E-state index contributed by atoms with van der Waals surface area (Å²) in [4.78, 5) is 20.0. The number of H-pyrrole nitrogens is 1. The van der Waals surface area contributed by atoms with Crippen LogP contribution in [-0.2, 0) is 4.74 Å². The number of nitrogens with zero attached hydrogens (tertiary/aromatic N) is 2. The fraction of sp³-hybridized carbons (Fsp3) is 0.556. The smallest absolute Gasteiger partial charge is 0.269 e. The lowest BCUT2D eigenvalue weighted by Crippen LogP contribution is -2.36. The monoisotopic (exact) mass is 289 g/mol. The summed E-state index contributed by atoms with van der Waals surface area (Å²) in [5.41, 5.74) is -0.403. The summed E-state index contributed by atoms with van der Waals surface area (Å²) in [7, 11) is 1.96. The first-order valence-corrected chi connectivity index (χ1v) is 5.66. The molecule has 1 saturated heterocycles. The van der Waals surface area contributed by atoms with E-state index in [0.717, 1.165) is 6.54 Å². The number of hydrogen-bond donors (Lipinski definition) is 2. The second-order valence-corrected chi connectivity index (χ2v) is 4.50. The minimum absolute atomic E-state index is 0.0421. The van der Waals surface area contributed by atoms with Gasteiger partial charge in [0.2, 0.25) is 5.88 Å². The zero-order valence-corrected chi connectivity index (χ0v) is 10.3. The van der Waals surface area contributed by atoms with Gasteiger partial charge >= 0.3 is 0 Å². The van der Waals surface area contributed by atoms with Gasteiger partial charge in [0, 0.05) is 13.1 Å². The third-order valence-corrected chi connectivity index (χ3v) is 3.15. The lowest BCUT2D eigenvalue weighted by atomic mass is 10.2. The Morgan fingerprint density at radius 2 is 2.44 bits per heavy atom. The lowest BCUT2D eigenvalue weighted by Gasteiger charge is -2.29. The maximum atomic E-state index is 11.4. The molecule has 0 spiro atoms. The third kappa shape index (κ3) is 2.26. The van der Waals surface area contributed by atoms with Crippen molar-refractivity contribution in [3.8, 4) is 5.88 Å². The molecule has 88 valence electrons. The normalized spacial score (nSPS) is 22.2. The Bertz CT molecular complexity index is 448. The zero-order valence-electron chi connectivity index (χ0n) is 8.73. The van der Waals surface area contributed by atoms with Crippen molar-refractivity contribution in [2.45, 2.75) is 6.10 Å². The van der Waals surface area contributed by atoms with Gasteiger partial charge in [-0.25, -0.2) is 0 Å². The summed E-state index contributed by atoms with van der Waals surface area (Å²) in [6.07, 6.45) is -0.301. The molecule has 2 rings (SSSR count).